The molecule has 0 nitrogen and oxygen atoms in total. The first-order valence-corrected chi connectivity index (χ1v) is 1.71. The van der Waals surface area contributed by atoms with Crippen LogP contribution in [0.5, 0.6) is 0 Å². The van der Waals surface area contributed by atoms with Crippen molar-refractivity contribution in [2.24, 2.45) is 0 Å². The molecule has 0 aromatic heterocycles. The van der Waals surface area contributed by atoms with Crippen LogP contribution in [-0.2, 0) is 0 Å². The first-order valence-electron chi connectivity index (χ1n) is 1.71. The van der Waals surface area contributed by atoms with E-state index in [4.69, 9.17) is 0 Å². The Balaban J connectivity index is 2.17. The highest BCUT2D eigenvalue weighted by atomic mass is 14.2. The summed E-state index contributed by atoms with van der Waals surface area (Å²) in [5.41, 5.74) is 0. The fraction of sp³-hybridized carbons (Fsp3) is 0.750. The van der Waals surface area contributed by atoms with Crippen molar-refractivity contribution in [1.29, 1.82) is 0 Å². The van der Waals surface area contributed by atoms with E-state index in [9.17, 15) is 0 Å². The minimum absolute atomic E-state index is 1.40. The molecular formula is C4H7+. The van der Waals surface area contributed by atoms with Gasteiger partial charge in [0.1, 0.15) is 12.8 Å². The van der Waals surface area contributed by atoms with Gasteiger partial charge in [-0.05, 0) is 0 Å². The predicted molar refractivity (Wildman–Crippen MR) is 18.2 cm³/mol. The fourth-order valence-electron chi connectivity index (χ4n) is 0.125. The molecule has 0 N–H and O–H groups in total. The van der Waals surface area contributed by atoms with Crippen molar-refractivity contribution in [1.82, 2.24) is 0 Å². The molecule has 0 aliphatic heterocycles. The molecule has 0 aromatic rings. The molecule has 1 saturated carbocycles. The van der Waals surface area contributed by atoms with Crippen molar-refractivity contribution in [3.8, 4) is 0 Å². The molecule has 0 atom stereocenters. The van der Waals surface area contributed by atoms with Crippen LogP contribution < -0.4 is 0 Å². The van der Waals surface area contributed by atoms with Gasteiger partial charge in [0.2, 0.25) is 0 Å². The highest BCUT2D eigenvalue weighted by Gasteiger charge is 2.28. The van der Waals surface area contributed by atoms with Gasteiger partial charge in [-0.25, -0.2) is 0 Å². The fourth-order valence-corrected chi connectivity index (χ4v) is 0.125. The van der Waals surface area contributed by atoms with Crippen LogP contribution in [0.1, 0.15) is 19.8 Å². The highest BCUT2D eigenvalue weighted by molar-refractivity contribution is 4.99. The summed E-state index contributed by atoms with van der Waals surface area (Å²) >= 11 is 0. The third-order valence-corrected chi connectivity index (χ3v) is 0.750. The standard InChI is InChI=1S/C4H7/c1-4-2-3-4/h2-3H2,1H3/q+1. The Hall–Kier alpha value is -0.130. The Bertz CT molecular complexity index is 19.2. The van der Waals surface area contributed by atoms with Gasteiger partial charge >= 0.3 is 0 Å². The van der Waals surface area contributed by atoms with Gasteiger partial charge in [-0.15, -0.1) is 0 Å². The summed E-state index contributed by atoms with van der Waals surface area (Å²) in [5, 5.41) is 0. The van der Waals surface area contributed by atoms with Crippen LogP contribution in [0.25, 0.3) is 0 Å². The summed E-state index contributed by atoms with van der Waals surface area (Å²) in [6, 6.07) is 0. The van der Waals surface area contributed by atoms with Gasteiger partial charge in [-0.2, -0.15) is 0 Å². The van der Waals surface area contributed by atoms with E-state index in [1.165, 1.54) is 12.8 Å². The van der Waals surface area contributed by atoms with E-state index in [0.717, 1.165) is 0 Å². The van der Waals surface area contributed by atoms with Crippen molar-refractivity contribution in [2.75, 3.05) is 0 Å². The van der Waals surface area contributed by atoms with Gasteiger partial charge < -0.3 is 0 Å². The van der Waals surface area contributed by atoms with Crippen molar-refractivity contribution >= 4 is 0 Å². The van der Waals surface area contributed by atoms with E-state index >= 15 is 0 Å². The van der Waals surface area contributed by atoms with Crippen LogP contribution in [0, 0.1) is 5.92 Å². The Morgan fingerprint density at radius 2 is 1.75 bits per heavy atom. The second-order valence-electron chi connectivity index (χ2n) is 1.46. The van der Waals surface area contributed by atoms with E-state index in [1.54, 1.807) is 5.92 Å². The van der Waals surface area contributed by atoms with Crippen molar-refractivity contribution in [3.05, 3.63) is 5.92 Å². The van der Waals surface area contributed by atoms with Gasteiger partial charge in [0, 0.05) is 0 Å². The van der Waals surface area contributed by atoms with Crippen LogP contribution in [0.3, 0.4) is 0 Å². The molecule has 0 bridgehead atoms. The van der Waals surface area contributed by atoms with Crippen molar-refractivity contribution < 1.29 is 0 Å². The zero-order valence-electron chi connectivity index (χ0n) is 2.91. The summed E-state index contributed by atoms with van der Waals surface area (Å²) in [6.45, 7) is 2.19. The third-order valence-electron chi connectivity index (χ3n) is 0.750. The lowest BCUT2D eigenvalue weighted by Gasteiger charge is -1.38. The van der Waals surface area contributed by atoms with Crippen LogP contribution >= 0.6 is 0 Å². The summed E-state index contributed by atoms with van der Waals surface area (Å²) in [4.78, 5) is 0. The summed E-state index contributed by atoms with van der Waals surface area (Å²) in [6.07, 6.45) is 2.81. The smallest absolute Gasteiger partial charge is 0.0800 e. The monoisotopic (exact) mass is 55.1 g/mol. The van der Waals surface area contributed by atoms with E-state index in [0.29, 0.717) is 0 Å². The van der Waals surface area contributed by atoms with E-state index in [2.05, 4.69) is 6.92 Å². The van der Waals surface area contributed by atoms with Crippen molar-refractivity contribution in [3.63, 3.8) is 0 Å². The molecular weight excluding hydrogens is 48.0 g/mol. The minimum atomic E-state index is 1.40. The first kappa shape index (κ1) is 2.13. The topological polar surface area (TPSA) is 0 Å². The Kier molecular flexibility index (Phi) is 0.225. The third kappa shape index (κ3) is 0.172. The Morgan fingerprint density at radius 1 is 1.50 bits per heavy atom. The van der Waals surface area contributed by atoms with Gasteiger partial charge in [-0.1, -0.05) is 0 Å². The molecule has 1 fully saturated rings. The van der Waals surface area contributed by atoms with Gasteiger partial charge in [0.15, 0.2) is 0 Å². The molecule has 0 radical (unpaired) electrons. The maximum absolute atomic E-state index is 2.19. The number of hydrogen-bond donors (Lipinski definition) is 0. The molecule has 4 heavy (non-hydrogen) atoms. The normalized spacial score (nSPS) is 21.8. The van der Waals surface area contributed by atoms with Crippen LogP contribution in [0.4, 0.5) is 0 Å². The molecule has 0 saturated heterocycles. The SMILES string of the molecule is C[C+]1CC1. The summed E-state index contributed by atoms with van der Waals surface area (Å²) in [7, 11) is 0. The van der Waals surface area contributed by atoms with Crippen molar-refractivity contribution in [2.45, 2.75) is 19.8 Å². The second kappa shape index (κ2) is 0.423. The Morgan fingerprint density at radius 3 is 1.75 bits per heavy atom. The quantitative estimate of drug-likeness (QED) is 0.367. The zero-order chi connectivity index (χ0) is 2.99. The summed E-state index contributed by atoms with van der Waals surface area (Å²) in [5.74, 6) is 1.67. The van der Waals surface area contributed by atoms with Gasteiger partial charge in [0.05, 0.1) is 12.8 Å². The second-order valence-corrected chi connectivity index (χ2v) is 1.46. The highest BCUT2D eigenvalue weighted by Crippen LogP contribution is 2.29. The van der Waals surface area contributed by atoms with Gasteiger partial charge in [-0.3, -0.25) is 0 Å². The lowest BCUT2D eigenvalue weighted by Crippen LogP contribution is -1.37. The molecule has 0 amide bonds. The molecule has 0 unspecified atom stereocenters. The number of hydrogen-bond acceptors (Lipinski definition) is 0. The predicted octanol–water partition coefficient (Wildman–Crippen LogP) is 1.37. The lowest BCUT2D eigenvalue weighted by molar-refractivity contribution is 1.39. The maximum atomic E-state index is 2.19. The molecule has 0 spiro atoms. The molecule has 0 heteroatoms. The largest absolute Gasteiger partial charge is 0.130 e. The Labute approximate surface area is 26.8 Å². The summed E-state index contributed by atoms with van der Waals surface area (Å²) < 4.78 is 0. The molecule has 0 aromatic carbocycles. The molecule has 1 aliphatic rings. The zero-order valence-corrected chi connectivity index (χ0v) is 2.91. The van der Waals surface area contributed by atoms with E-state index in [1.807, 2.05) is 0 Å². The average Bonchev–Trinajstić information content (AvgIpc) is 1.75. The first-order chi connectivity index (χ1) is 1.89. The molecule has 1 rings (SSSR count). The molecule has 0 heterocycles. The van der Waals surface area contributed by atoms with Crippen LogP contribution in [0.15, 0.2) is 0 Å². The average molecular weight is 55.1 g/mol. The lowest BCUT2D eigenvalue weighted by atomic mass is 10.5. The van der Waals surface area contributed by atoms with Crippen LogP contribution in [-0.4, -0.2) is 0 Å². The maximum Gasteiger partial charge on any atom is 0.130 e. The number of rotatable bonds is 0. The van der Waals surface area contributed by atoms with E-state index in [-0.39, 0.29) is 0 Å². The van der Waals surface area contributed by atoms with Gasteiger partial charge in [0.25, 0.3) is 0 Å². The minimum Gasteiger partial charge on any atom is 0.0800 e. The van der Waals surface area contributed by atoms with E-state index < -0.39 is 0 Å². The van der Waals surface area contributed by atoms with Crippen LogP contribution in [0.2, 0.25) is 0 Å². The molecule has 22 valence electrons. The molecule has 1 aliphatic carbocycles.